The molecule has 1 saturated heterocycles. The van der Waals surface area contributed by atoms with Crippen LogP contribution in [0.3, 0.4) is 0 Å². The molecule has 1 aromatic heterocycles. The smallest absolute Gasteiger partial charge is 0.266 e. The summed E-state index contributed by atoms with van der Waals surface area (Å²) in [6.45, 7) is 0.0725. The van der Waals surface area contributed by atoms with E-state index in [1.165, 1.54) is 0 Å². The van der Waals surface area contributed by atoms with Crippen LogP contribution < -0.4 is 5.11 Å². The number of hydrogen-bond acceptors (Lipinski definition) is 7. The second kappa shape index (κ2) is 8.07. The number of carbonyl (C=O) groups excluding carboxylic acids is 2. The maximum atomic E-state index is 12.1. The monoisotopic (exact) mass is 385 g/mol. The number of carboxylic acid groups (broad SMARTS) is 1. The maximum Gasteiger partial charge on any atom is 0.266 e. The Morgan fingerprint density at radius 2 is 2.08 bits per heavy atom. The van der Waals surface area contributed by atoms with Gasteiger partial charge in [0, 0.05) is 0 Å². The number of allylic oxidation sites excluding steroid dienone is 2. The lowest BCUT2D eigenvalue weighted by molar-refractivity contribution is -0.305. The van der Waals surface area contributed by atoms with Crippen molar-refractivity contribution in [2.24, 2.45) is 0 Å². The van der Waals surface area contributed by atoms with Crippen molar-refractivity contribution in [1.82, 2.24) is 19.9 Å². The third kappa shape index (κ3) is 4.44. The van der Waals surface area contributed by atoms with Crippen molar-refractivity contribution in [3.05, 3.63) is 64.8 Å². The van der Waals surface area contributed by atoms with E-state index in [9.17, 15) is 14.7 Å². The van der Waals surface area contributed by atoms with Crippen LogP contribution in [0, 0.1) is 0 Å². The number of aliphatic carboxylic acids is 1. The molecule has 3 rings (SSSR count). The molecule has 26 heavy (non-hydrogen) atoms. The molecule has 0 radical (unpaired) electrons. The summed E-state index contributed by atoms with van der Waals surface area (Å²) in [7, 11) is 0. The summed E-state index contributed by atoms with van der Waals surface area (Å²) in [6.07, 6.45) is 6.73. The Labute approximate surface area is 159 Å². The van der Waals surface area contributed by atoms with Gasteiger partial charge in [0.05, 0.1) is 30.2 Å². The summed E-state index contributed by atoms with van der Waals surface area (Å²) >= 11 is 6.06. The quantitative estimate of drug-likeness (QED) is 0.537. The first-order chi connectivity index (χ1) is 12.5. The first-order valence-electron chi connectivity index (χ1n) is 7.59. The van der Waals surface area contributed by atoms with Crippen LogP contribution in [0.2, 0.25) is 0 Å². The standard InChI is InChI=1S/C17H14N4O3S2/c22-15(23)11-21-16(24)14(26-17(21)25)8-4-7-13-10-20(19-18-13)9-12-5-2-1-3-6-12/h1-8,10H,9,11H2,(H,22,23)/p-1/b7-4+,14-8+. The van der Waals surface area contributed by atoms with E-state index in [2.05, 4.69) is 10.3 Å². The van der Waals surface area contributed by atoms with Gasteiger partial charge in [-0.1, -0.05) is 65.6 Å². The highest BCUT2D eigenvalue weighted by atomic mass is 32.2. The number of thiocarbonyl (C=S) groups is 1. The summed E-state index contributed by atoms with van der Waals surface area (Å²) < 4.78 is 1.92. The molecule has 0 saturated carbocycles. The van der Waals surface area contributed by atoms with Crippen molar-refractivity contribution in [1.29, 1.82) is 0 Å². The van der Waals surface area contributed by atoms with E-state index in [4.69, 9.17) is 12.2 Å². The van der Waals surface area contributed by atoms with Gasteiger partial charge in [-0.25, -0.2) is 4.68 Å². The third-order valence-corrected chi connectivity index (χ3v) is 4.82. The van der Waals surface area contributed by atoms with E-state index in [1.54, 1.807) is 29.1 Å². The number of aromatic nitrogens is 3. The fourth-order valence-corrected chi connectivity index (χ4v) is 3.46. The van der Waals surface area contributed by atoms with Crippen LogP contribution in [-0.2, 0) is 16.1 Å². The maximum absolute atomic E-state index is 12.1. The Balaban J connectivity index is 1.64. The van der Waals surface area contributed by atoms with Gasteiger partial charge in [-0.15, -0.1) is 5.10 Å². The minimum atomic E-state index is -1.35. The molecule has 1 aliphatic rings. The van der Waals surface area contributed by atoms with Crippen molar-refractivity contribution < 1.29 is 14.7 Å². The molecule has 0 spiro atoms. The highest BCUT2D eigenvalue weighted by Gasteiger charge is 2.31. The normalized spacial score (nSPS) is 16.2. The average molecular weight is 385 g/mol. The Morgan fingerprint density at radius 3 is 2.81 bits per heavy atom. The molecule has 0 atom stereocenters. The first-order valence-corrected chi connectivity index (χ1v) is 8.81. The number of thioether (sulfide) groups is 1. The largest absolute Gasteiger partial charge is 0.548 e. The number of carboxylic acids is 1. The molecular formula is C17H13N4O3S2-. The minimum absolute atomic E-state index is 0.202. The highest BCUT2D eigenvalue weighted by Crippen LogP contribution is 2.30. The van der Waals surface area contributed by atoms with Crippen LogP contribution in [0.5, 0.6) is 0 Å². The number of benzene rings is 1. The summed E-state index contributed by atoms with van der Waals surface area (Å²) in [6, 6.07) is 9.89. The molecule has 0 unspecified atom stereocenters. The fourth-order valence-electron chi connectivity index (χ4n) is 2.25. The zero-order valence-electron chi connectivity index (χ0n) is 13.4. The van der Waals surface area contributed by atoms with Gasteiger partial charge in [-0.05, 0) is 17.7 Å². The lowest BCUT2D eigenvalue weighted by Crippen LogP contribution is -2.40. The third-order valence-electron chi connectivity index (χ3n) is 3.42. The summed E-state index contributed by atoms with van der Waals surface area (Å²) in [5.41, 5.74) is 1.76. The van der Waals surface area contributed by atoms with E-state index in [0.717, 1.165) is 22.2 Å². The summed E-state index contributed by atoms with van der Waals surface area (Å²) in [5, 5.41) is 18.8. The van der Waals surface area contributed by atoms with Crippen LogP contribution in [0.15, 0.2) is 53.6 Å². The molecular weight excluding hydrogens is 372 g/mol. The number of hydrogen-bond donors (Lipinski definition) is 0. The number of amides is 1. The molecule has 0 bridgehead atoms. The van der Waals surface area contributed by atoms with Crippen molar-refractivity contribution >= 4 is 46.3 Å². The number of nitrogens with zero attached hydrogens (tertiary/aromatic N) is 4. The number of carbonyl (C=O) groups is 2. The minimum Gasteiger partial charge on any atom is -0.548 e. The van der Waals surface area contributed by atoms with Gasteiger partial charge in [-0.2, -0.15) is 0 Å². The average Bonchev–Trinajstić information content (AvgIpc) is 3.15. The molecule has 0 N–H and O–H groups in total. The van der Waals surface area contributed by atoms with E-state index >= 15 is 0 Å². The molecule has 1 aromatic carbocycles. The molecule has 2 aromatic rings. The van der Waals surface area contributed by atoms with E-state index < -0.39 is 18.4 Å². The van der Waals surface area contributed by atoms with Gasteiger partial charge in [-0.3, -0.25) is 9.69 Å². The van der Waals surface area contributed by atoms with Gasteiger partial charge >= 0.3 is 0 Å². The van der Waals surface area contributed by atoms with Gasteiger partial charge in [0.25, 0.3) is 5.91 Å². The predicted octanol–water partition coefficient (Wildman–Crippen LogP) is 0.834. The van der Waals surface area contributed by atoms with Gasteiger partial charge in [0.15, 0.2) is 0 Å². The van der Waals surface area contributed by atoms with Crippen LogP contribution in [0.1, 0.15) is 11.3 Å². The Hall–Kier alpha value is -2.78. The van der Waals surface area contributed by atoms with Crippen LogP contribution in [0.25, 0.3) is 6.08 Å². The van der Waals surface area contributed by atoms with Gasteiger partial charge in [0.1, 0.15) is 10.0 Å². The van der Waals surface area contributed by atoms with E-state index in [1.807, 2.05) is 30.3 Å². The second-order valence-corrected chi connectivity index (χ2v) is 7.02. The predicted molar refractivity (Wildman–Crippen MR) is 99.6 cm³/mol. The number of rotatable bonds is 6. The molecule has 1 aliphatic heterocycles. The fraction of sp³-hybridized carbons (Fsp3) is 0.118. The molecule has 132 valence electrons. The van der Waals surface area contributed by atoms with Crippen molar-refractivity contribution in [2.75, 3.05) is 6.54 Å². The van der Waals surface area contributed by atoms with Crippen molar-refractivity contribution in [2.45, 2.75) is 6.54 Å². The first kappa shape index (κ1) is 18.0. The van der Waals surface area contributed by atoms with Crippen LogP contribution >= 0.6 is 24.0 Å². The van der Waals surface area contributed by atoms with Gasteiger partial charge in [0.2, 0.25) is 0 Å². The van der Waals surface area contributed by atoms with Gasteiger partial charge < -0.3 is 9.90 Å². The lowest BCUT2D eigenvalue weighted by Gasteiger charge is -2.14. The SMILES string of the molecule is O=C([O-])CN1C(=O)/C(=C\C=C\c2cn(Cc3ccccc3)nn2)SC1=S. The molecule has 9 heteroatoms. The topological polar surface area (TPSA) is 91.2 Å². The van der Waals surface area contributed by atoms with Crippen LogP contribution in [-0.4, -0.2) is 42.6 Å². The zero-order valence-corrected chi connectivity index (χ0v) is 15.1. The van der Waals surface area contributed by atoms with Crippen molar-refractivity contribution in [3.63, 3.8) is 0 Å². The van der Waals surface area contributed by atoms with E-state index in [0.29, 0.717) is 17.1 Å². The molecule has 0 aliphatic carbocycles. The van der Waals surface area contributed by atoms with E-state index in [-0.39, 0.29) is 4.32 Å². The van der Waals surface area contributed by atoms with Crippen molar-refractivity contribution in [3.8, 4) is 0 Å². The molecule has 7 nitrogen and oxygen atoms in total. The Kier molecular flexibility index (Phi) is 5.59. The highest BCUT2D eigenvalue weighted by molar-refractivity contribution is 8.26. The summed E-state index contributed by atoms with van der Waals surface area (Å²) in [4.78, 5) is 24.1. The Morgan fingerprint density at radius 1 is 1.31 bits per heavy atom. The molecule has 2 heterocycles. The zero-order chi connectivity index (χ0) is 18.5. The second-order valence-electron chi connectivity index (χ2n) is 5.35. The molecule has 1 amide bonds. The lowest BCUT2D eigenvalue weighted by atomic mass is 10.2. The Bertz CT molecular complexity index is 906. The summed E-state index contributed by atoms with van der Waals surface area (Å²) in [5.74, 6) is -1.80. The van der Waals surface area contributed by atoms with Crippen LogP contribution in [0.4, 0.5) is 0 Å². The molecule has 1 fully saturated rings.